The van der Waals surface area contributed by atoms with Crippen molar-refractivity contribution in [3.05, 3.63) is 35.9 Å². The molecular weight excluding hydrogens is 322 g/mol. The van der Waals surface area contributed by atoms with E-state index >= 15 is 0 Å². The van der Waals surface area contributed by atoms with Gasteiger partial charge in [0, 0.05) is 24.4 Å². The molecule has 1 aromatic carbocycles. The van der Waals surface area contributed by atoms with Crippen molar-refractivity contribution in [1.82, 2.24) is 4.90 Å². The van der Waals surface area contributed by atoms with Gasteiger partial charge in [0.2, 0.25) is 0 Å². The molecule has 24 heavy (non-hydrogen) atoms. The van der Waals surface area contributed by atoms with Gasteiger partial charge in [-0.15, -0.1) is 18.8 Å². The van der Waals surface area contributed by atoms with Gasteiger partial charge in [0.15, 0.2) is 5.60 Å². The van der Waals surface area contributed by atoms with Gasteiger partial charge in [-0.2, -0.15) is 0 Å². The molecule has 0 amide bonds. The van der Waals surface area contributed by atoms with Crippen molar-refractivity contribution in [2.24, 2.45) is 5.92 Å². The van der Waals surface area contributed by atoms with Crippen LogP contribution in [0.25, 0.3) is 0 Å². The van der Waals surface area contributed by atoms with Gasteiger partial charge in [-0.25, -0.2) is 4.79 Å². The molecule has 130 valence electrons. The summed E-state index contributed by atoms with van der Waals surface area (Å²) >= 11 is 0. The first-order valence-electron chi connectivity index (χ1n) is 8.55. The first-order chi connectivity index (χ1) is 11.1. The SMILES string of the molecule is C#C[C@]1(OC(=O)c2ccccc2)C[C@@H](C)N(C)[C@H]2CCCC[C@@H]21.Cl. The molecule has 0 aromatic heterocycles. The van der Waals surface area contributed by atoms with E-state index in [2.05, 4.69) is 24.8 Å². The second-order valence-corrected chi connectivity index (χ2v) is 6.97. The Labute approximate surface area is 151 Å². The molecule has 1 saturated carbocycles. The van der Waals surface area contributed by atoms with Crippen LogP contribution in [0.3, 0.4) is 0 Å². The molecule has 3 nitrogen and oxygen atoms in total. The Hall–Kier alpha value is -1.50. The fraction of sp³-hybridized carbons (Fsp3) is 0.550. The maximum absolute atomic E-state index is 12.6. The van der Waals surface area contributed by atoms with Crippen molar-refractivity contribution in [3.63, 3.8) is 0 Å². The van der Waals surface area contributed by atoms with E-state index in [1.54, 1.807) is 12.1 Å². The number of terminal acetylenes is 1. The number of likely N-dealkylation sites (tertiary alicyclic amines) is 1. The van der Waals surface area contributed by atoms with Gasteiger partial charge < -0.3 is 9.64 Å². The molecule has 0 radical (unpaired) electrons. The Morgan fingerprint density at radius 1 is 1.29 bits per heavy atom. The number of carbonyl (C=O) groups is 1. The number of hydrogen-bond donors (Lipinski definition) is 0. The molecule has 1 aromatic rings. The fourth-order valence-corrected chi connectivity index (χ4v) is 4.32. The summed E-state index contributed by atoms with van der Waals surface area (Å²) in [4.78, 5) is 15.0. The lowest BCUT2D eigenvalue weighted by molar-refractivity contribution is -0.101. The van der Waals surface area contributed by atoms with Crippen LogP contribution < -0.4 is 0 Å². The molecule has 1 saturated heterocycles. The molecule has 1 heterocycles. The summed E-state index contributed by atoms with van der Waals surface area (Å²) in [6, 6.07) is 9.87. The van der Waals surface area contributed by atoms with Crippen molar-refractivity contribution in [1.29, 1.82) is 0 Å². The van der Waals surface area contributed by atoms with Crippen LogP contribution in [0.2, 0.25) is 0 Å². The van der Waals surface area contributed by atoms with Crippen LogP contribution >= 0.6 is 12.4 Å². The van der Waals surface area contributed by atoms with Gasteiger partial charge in [0.1, 0.15) is 0 Å². The summed E-state index contributed by atoms with van der Waals surface area (Å²) in [6.07, 6.45) is 11.2. The lowest BCUT2D eigenvalue weighted by atomic mass is 9.67. The van der Waals surface area contributed by atoms with Crippen molar-refractivity contribution in [2.45, 2.75) is 56.7 Å². The van der Waals surface area contributed by atoms with E-state index in [1.165, 1.54) is 6.42 Å². The largest absolute Gasteiger partial charge is 0.442 e. The van der Waals surface area contributed by atoms with Gasteiger partial charge in [-0.1, -0.05) is 37.0 Å². The monoisotopic (exact) mass is 347 g/mol. The number of piperidine rings is 1. The zero-order chi connectivity index (χ0) is 16.4. The Morgan fingerprint density at radius 3 is 2.62 bits per heavy atom. The highest BCUT2D eigenvalue weighted by molar-refractivity contribution is 5.89. The highest BCUT2D eigenvalue weighted by Gasteiger charge is 2.52. The first kappa shape index (κ1) is 18.8. The predicted octanol–water partition coefficient (Wildman–Crippen LogP) is 3.92. The summed E-state index contributed by atoms with van der Waals surface area (Å²) in [5.74, 6) is 2.83. The quantitative estimate of drug-likeness (QED) is 0.600. The third-order valence-corrected chi connectivity index (χ3v) is 5.67. The molecular formula is C20H26ClNO2. The minimum atomic E-state index is -0.774. The second kappa shape index (κ2) is 7.59. The summed E-state index contributed by atoms with van der Waals surface area (Å²) in [7, 11) is 2.17. The number of ether oxygens (including phenoxy) is 1. The number of benzene rings is 1. The molecule has 4 heteroatoms. The van der Waals surface area contributed by atoms with E-state index in [1.807, 2.05) is 18.2 Å². The average molecular weight is 348 g/mol. The van der Waals surface area contributed by atoms with Crippen LogP contribution in [0.1, 0.15) is 49.4 Å². The standard InChI is InChI=1S/C20H25NO2.ClH/c1-4-20(23-19(22)16-10-6-5-7-11-16)14-15(2)21(3)18-13-9-8-12-17(18)20;/h1,5-7,10-11,15,17-18H,8-9,12-14H2,2-3H3;1H/t15-,17+,18+,20+;/m1./s1. The van der Waals surface area contributed by atoms with Crippen molar-refractivity contribution in [3.8, 4) is 12.3 Å². The number of carbonyl (C=O) groups excluding carboxylic acids is 1. The molecule has 0 N–H and O–H groups in total. The first-order valence-corrected chi connectivity index (χ1v) is 8.55. The Kier molecular flexibility index (Phi) is 5.96. The van der Waals surface area contributed by atoms with Gasteiger partial charge >= 0.3 is 5.97 Å². The zero-order valence-corrected chi connectivity index (χ0v) is 15.2. The number of esters is 1. The van der Waals surface area contributed by atoms with E-state index in [4.69, 9.17) is 11.2 Å². The van der Waals surface area contributed by atoms with Crippen LogP contribution in [0.5, 0.6) is 0 Å². The zero-order valence-electron chi connectivity index (χ0n) is 14.4. The molecule has 4 atom stereocenters. The number of halogens is 1. The molecule has 1 aliphatic heterocycles. The summed E-state index contributed by atoms with van der Waals surface area (Å²) in [5, 5.41) is 0. The molecule has 2 aliphatic rings. The van der Waals surface area contributed by atoms with Crippen molar-refractivity contribution in [2.75, 3.05) is 7.05 Å². The third kappa shape index (κ3) is 3.31. The maximum atomic E-state index is 12.6. The Morgan fingerprint density at radius 2 is 1.96 bits per heavy atom. The molecule has 0 unspecified atom stereocenters. The highest BCUT2D eigenvalue weighted by atomic mass is 35.5. The number of fused-ring (bicyclic) bond motifs is 1. The van der Waals surface area contributed by atoms with Gasteiger partial charge in [0.25, 0.3) is 0 Å². The molecule has 0 bridgehead atoms. The van der Waals surface area contributed by atoms with E-state index in [9.17, 15) is 4.79 Å². The normalized spacial score (nSPS) is 32.8. The second-order valence-electron chi connectivity index (χ2n) is 6.97. The predicted molar refractivity (Wildman–Crippen MR) is 98.3 cm³/mol. The smallest absolute Gasteiger partial charge is 0.339 e. The minimum Gasteiger partial charge on any atom is -0.442 e. The molecule has 1 aliphatic carbocycles. The van der Waals surface area contributed by atoms with Crippen molar-refractivity contribution < 1.29 is 9.53 Å². The van der Waals surface area contributed by atoms with Gasteiger partial charge in [-0.05, 0) is 38.9 Å². The van der Waals surface area contributed by atoms with Crippen LogP contribution in [-0.2, 0) is 4.74 Å². The topological polar surface area (TPSA) is 29.5 Å². The molecule has 3 rings (SSSR count). The Bertz CT molecular complexity index is 612. The van der Waals surface area contributed by atoms with Crippen LogP contribution in [0, 0.1) is 18.3 Å². The average Bonchev–Trinajstić information content (AvgIpc) is 2.60. The molecule has 0 spiro atoms. The maximum Gasteiger partial charge on any atom is 0.339 e. The lowest BCUT2D eigenvalue weighted by Crippen LogP contribution is -2.61. The third-order valence-electron chi connectivity index (χ3n) is 5.67. The van der Waals surface area contributed by atoms with Gasteiger partial charge in [-0.3, -0.25) is 0 Å². The van der Waals surface area contributed by atoms with Gasteiger partial charge in [0.05, 0.1) is 5.56 Å². The Balaban J connectivity index is 0.00000208. The number of hydrogen-bond acceptors (Lipinski definition) is 3. The fourth-order valence-electron chi connectivity index (χ4n) is 4.32. The van der Waals surface area contributed by atoms with E-state index in [0.29, 0.717) is 24.1 Å². The minimum absolute atomic E-state index is 0. The number of rotatable bonds is 2. The summed E-state index contributed by atoms with van der Waals surface area (Å²) in [6.45, 7) is 2.17. The van der Waals surface area contributed by atoms with E-state index < -0.39 is 5.60 Å². The lowest BCUT2D eigenvalue weighted by Gasteiger charge is -2.53. The van der Waals surface area contributed by atoms with Crippen LogP contribution in [-0.4, -0.2) is 35.6 Å². The summed E-state index contributed by atoms with van der Waals surface area (Å²) < 4.78 is 6.00. The number of nitrogens with zero attached hydrogens (tertiary/aromatic N) is 1. The highest BCUT2D eigenvalue weighted by Crippen LogP contribution is 2.45. The van der Waals surface area contributed by atoms with Crippen LogP contribution in [0.4, 0.5) is 0 Å². The van der Waals surface area contributed by atoms with Crippen LogP contribution in [0.15, 0.2) is 30.3 Å². The molecule has 2 fully saturated rings. The van der Waals surface area contributed by atoms with E-state index in [-0.39, 0.29) is 24.3 Å². The van der Waals surface area contributed by atoms with Crippen molar-refractivity contribution >= 4 is 18.4 Å². The summed E-state index contributed by atoms with van der Waals surface area (Å²) in [5.41, 5.74) is -0.203. The van der Waals surface area contributed by atoms with E-state index in [0.717, 1.165) is 19.3 Å².